The van der Waals surface area contributed by atoms with Crippen LogP contribution in [-0.4, -0.2) is 69.5 Å². The molecule has 0 N–H and O–H groups in total. The summed E-state index contributed by atoms with van der Waals surface area (Å²) in [7, 11) is -0.0141. The van der Waals surface area contributed by atoms with Crippen molar-refractivity contribution < 1.29 is 17.2 Å². The molecule has 8 nitrogen and oxygen atoms in total. The van der Waals surface area contributed by atoms with E-state index >= 15 is 0 Å². The lowest BCUT2D eigenvalue weighted by Crippen LogP contribution is -2.47. The molecule has 0 amide bonds. The molecule has 3 aromatic rings. The Morgan fingerprint density at radius 3 is 2.00 bits per heavy atom. The van der Waals surface area contributed by atoms with Crippen LogP contribution in [-0.2, 0) is 23.0 Å². The summed E-state index contributed by atoms with van der Waals surface area (Å²) in [6.07, 6.45) is 0.460. The first kappa shape index (κ1) is 24.4. The summed E-state index contributed by atoms with van der Waals surface area (Å²) in [5.41, 5.74) is 2.61. The number of nitrogens with zero attached hydrogens (tertiary/aromatic N) is 6. The summed E-state index contributed by atoms with van der Waals surface area (Å²) in [6, 6.07) is 11.4. The fraction of sp³-hybridized carbons (Fsp3) is 0.360. The van der Waals surface area contributed by atoms with Crippen molar-refractivity contribution in [3.05, 3.63) is 71.4 Å². The molecule has 0 unspecified atom stereocenters. The quantitative estimate of drug-likeness (QED) is 0.519. The normalized spacial score (nSPS) is 16.7. The zero-order valence-electron chi connectivity index (χ0n) is 20.2. The topological polar surface area (TPSA) is 72.9 Å². The smallest absolute Gasteiger partial charge is 0.243 e. The maximum absolute atomic E-state index is 13.3. The molecule has 0 aliphatic carbocycles. The predicted molar refractivity (Wildman–Crippen MR) is 135 cm³/mol. The van der Waals surface area contributed by atoms with Crippen LogP contribution in [0.4, 0.5) is 26.2 Å². The molecule has 5 rings (SSSR count). The van der Waals surface area contributed by atoms with E-state index < -0.39 is 15.8 Å². The zero-order chi connectivity index (χ0) is 25.4. The van der Waals surface area contributed by atoms with E-state index in [4.69, 9.17) is 9.97 Å². The maximum Gasteiger partial charge on any atom is 0.243 e. The van der Waals surface area contributed by atoms with Crippen LogP contribution >= 0.6 is 0 Å². The molecule has 2 aliphatic heterocycles. The third-order valence-corrected chi connectivity index (χ3v) is 8.48. The van der Waals surface area contributed by atoms with E-state index in [-0.39, 0.29) is 23.8 Å². The van der Waals surface area contributed by atoms with Crippen molar-refractivity contribution in [3.63, 3.8) is 0 Å². The third kappa shape index (κ3) is 4.72. The molecule has 2 aliphatic rings. The minimum absolute atomic E-state index is 0.0651. The van der Waals surface area contributed by atoms with Crippen LogP contribution in [0.1, 0.15) is 11.3 Å². The number of rotatable bonds is 5. The highest BCUT2D eigenvalue weighted by Crippen LogP contribution is 2.31. The van der Waals surface area contributed by atoms with Gasteiger partial charge in [0.1, 0.15) is 17.5 Å². The Morgan fingerprint density at radius 2 is 1.39 bits per heavy atom. The van der Waals surface area contributed by atoms with Crippen LogP contribution < -0.4 is 14.7 Å². The van der Waals surface area contributed by atoms with E-state index in [1.807, 2.05) is 19.0 Å². The van der Waals surface area contributed by atoms with Gasteiger partial charge in [-0.25, -0.2) is 22.2 Å². The number of sulfonamides is 1. The molecule has 0 radical (unpaired) electrons. The van der Waals surface area contributed by atoms with Gasteiger partial charge in [0.15, 0.2) is 0 Å². The molecule has 1 fully saturated rings. The van der Waals surface area contributed by atoms with Crippen LogP contribution in [0.25, 0.3) is 0 Å². The summed E-state index contributed by atoms with van der Waals surface area (Å²) in [5, 5.41) is 0. The van der Waals surface area contributed by atoms with Crippen molar-refractivity contribution in [3.8, 4) is 0 Å². The Balaban J connectivity index is 1.36. The molecule has 0 atom stereocenters. The number of hydrogen-bond donors (Lipinski definition) is 0. The van der Waals surface area contributed by atoms with Gasteiger partial charge in [0.2, 0.25) is 16.0 Å². The van der Waals surface area contributed by atoms with Gasteiger partial charge < -0.3 is 14.7 Å². The fourth-order valence-electron chi connectivity index (χ4n) is 4.65. The van der Waals surface area contributed by atoms with E-state index in [9.17, 15) is 17.2 Å². The number of anilines is 3. The number of aromatic nitrogens is 2. The summed E-state index contributed by atoms with van der Waals surface area (Å²) < 4.78 is 54.4. The Kier molecular flexibility index (Phi) is 6.52. The fourth-order valence-corrected chi connectivity index (χ4v) is 6.06. The first-order valence-electron chi connectivity index (χ1n) is 11.8. The van der Waals surface area contributed by atoms with Gasteiger partial charge in [-0.3, -0.25) is 0 Å². The Bertz CT molecular complexity index is 1340. The van der Waals surface area contributed by atoms with Gasteiger partial charge in [-0.05, 0) is 48.5 Å². The second-order valence-corrected chi connectivity index (χ2v) is 11.1. The lowest BCUT2D eigenvalue weighted by Gasteiger charge is -2.37. The SMILES string of the molecule is CN(C)c1nc(N2CCN(c3ccc(F)cc3)CC2)nc2c1CN(S(=O)(=O)c1ccc(F)cc1)CC2. The molecule has 0 bridgehead atoms. The monoisotopic (exact) mass is 514 g/mol. The Labute approximate surface area is 209 Å². The average Bonchev–Trinajstić information content (AvgIpc) is 2.88. The predicted octanol–water partition coefficient (Wildman–Crippen LogP) is 2.89. The van der Waals surface area contributed by atoms with E-state index in [2.05, 4.69) is 9.80 Å². The lowest BCUT2D eigenvalue weighted by molar-refractivity contribution is 0.387. The zero-order valence-corrected chi connectivity index (χ0v) is 21.0. The summed E-state index contributed by atoms with van der Waals surface area (Å²) in [6.45, 7) is 3.39. The first-order chi connectivity index (χ1) is 17.2. The van der Waals surface area contributed by atoms with Gasteiger partial charge in [0.25, 0.3) is 0 Å². The van der Waals surface area contributed by atoms with Crippen LogP contribution in [0.15, 0.2) is 53.4 Å². The summed E-state index contributed by atoms with van der Waals surface area (Å²) in [5.74, 6) is 0.591. The summed E-state index contributed by atoms with van der Waals surface area (Å²) >= 11 is 0. The Hall–Kier alpha value is -3.31. The van der Waals surface area contributed by atoms with Crippen LogP contribution in [0.2, 0.25) is 0 Å². The largest absolute Gasteiger partial charge is 0.368 e. The molecule has 2 aromatic carbocycles. The molecule has 0 saturated carbocycles. The molecule has 11 heteroatoms. The molecular weight excluding hydrogens is 486 g/mol. The van der Waals surface area contributed by atoms with E-state index in [0.717, 1.165) is 42.2 Å². The number of hydrogen-bond acceptors (Lipinski definition) is 7. The number of piperazine rings is 1. The molecule has 36 heavy (non-hydrogen) atoms. The van der Waals surface area contributed by atoms with Gasteiger partial charge in [-0.2, -0.15) is 9.29 Å². The van der Waals surface area contributed by atoms with Gasteiger partial charge in [0.05, 0.1) is 10.6 Å². The van der Waals surface area contributed by atoms with Crippen LogP contribution in [0, 0.1) is 11.6 Å². The minimum atomic E-state index is -3.78. The van der Waals surface area contributed by atoms with Gasteiger partial charge in [-0.15, -0.1) is 0 Å². The lowest BCUT2D eigenvalue weighted by atomic mass is 10.1. The van der Waals surface area contributed by atoms with Gasteiger partial charge in [0, 0.05) is 71.0 Å². The molecule has 190 valence electrons. The second kappa shape index (κ2) is 9.62. The van der Waals surface area contributed by atoms with E-state index in [1.165, 1.54) is 28.6 Å². The van der Waals surface area contributed by atoms with Crippen molar-refractivity contribution >= 4 is 27.5 Å². The average molecular weight is 515 g/mol. The molecule has 1 saturated heterocycles. The highest BCUT2D eigenvalue weighted by atomic mass is 32.2. The third-order valence-electron chi connectivity index (χ3n) is 6.62. The van der Waals surface area contributed by atoms with Crippen LogP contribution in [0.5, 0.6) is 0 Å². The number of fused-ring (bicyclic) bond motifs is 1. The molecule has 0 spiro atoms. The standard InChI is InChI=1S/C25H28F2N6O2S/c1-30(2)24-22-17-33(36(34,35)21-9-5-19(27)6-10-21)12-11-23(22)28-25(29-24)32-15-13-31(14-16-32)20-7-3-18(26)4-8-20/h3-10H,11-17H2,1-2H3. The Morgan fingerprint density at radius 1 is 0.806 bits per heavy atom. The van der Waals surface area contributed by atoms with Gasteiger partial charge in [-0.1, -0.05) is 0 Å². The molecule has 1 aromatic heterocycles. The van der Waals surface area contributed by atoms with Crippen molar-refractivity contribution in [1.82, 2.24) is 14.3 Å². The van der Waals surface area contributed by atoms with Crippen LogP contribution in [0.3, 0.4) is 0 Å². The summed E-state index contributed by atoms with van der Waals surface area (Å²) in [4.78, 5) is 15.9. The number of benzene rings is 2. The number of halogens is 2. The van der Waals surface area contributed by atoms with Crippen molar-refractivity contribution in [2.75, 3.05) is 61.5 Å². The highest BCUT2D eigenvalue weighted by molar-refractivity contribution is 7.89. The molecular formula is C25H28F2N6O2S. The minimum Gasteiger partial charge on any atom is -0.368 e. The highest BCUT2D eigenvalue weighted by Gasteiger charge is 2.32. The van der Waals surface area contributed by atoms with E-state index in [1.54, 1.807) is 12.1 Å². The van der Waals surface area contributed by atoms with E-state index in [0.29, 0.717) is 31.3 Å². The maximum atomic E-state index is 13.3. The molecule has 3 heterocycles. The van der Waals surface area contributed by atoms with Gasteiger partial charge >= 0.3 is 0 Å². The van der Waals surface area contributed by atoms with Crippen molar-refractivity contribution in [2.45, 2.75) is 17.9 Å². The van der Waals surface area contributed by atoms with Crippen molar-refractivity contribution in [2.24, 2.45) is 0 Å². The first-order valence-corrected chi connectivity index (χ1v) is 13.2. The second-order valence-electron chi connectivity index (χ2n) is 9.16. The van der Waals surface area contributed by atoms with Crippen molar-refractivity contribution in [1.29, 1.82) is 0 Å².